The van der Waals surface area contributed by atoms with E-state index in [1.807, 2.05) is 20.8 Å². The van der Waals surface area contributed by atoms with E-state index in [1.54, 1.807) is 0 Å². The highest BCUT2D eigenvalue weighted by molar-refractivity contribution is 5.86. The average molecular weight is 199 g/mol. The van der Waals surface area contributed by atoms with Gasteiger partial charge in [0.1, 0.15) is 5.78 Å². The number of carbonyl (C=O) groups is 1. The summed E-state index contributed by atoms with van der Waals surface area (Å²) in [5.41, 5.74) is 5.56. The summed E-state index contributed by atoms with van der Waals surface area (Å²) in [7, 11) is 0. The summed E-state index contributed by atoms with van der Waals surface area (Å²) in [4.78, 5) is 12.0. The second-order valence-corrected chi connectivity index (χ2v) is 6.31. The van der Waals surface area contributed by atoms with Gasteiger partial charge in [-0.25, -0.2) is 0 Å². The van der Waals surface area contributed by atoms with E-state index in [0.717, 1.165) is 6.42 Å². The lowest BCUT2D eigenvalue weighted by Crippen LogP contribution is -2.35. The molecule has 1 unspecified atom stereocenters. The van der Waals surface area contributed by atoms with Crippen LogP contribution in [0.1, 0.15) is 48.0 Å². The van der Waals surface area contributed by atoms with Crippen molar-refractivity contribution in [2.75, 3.05) is 6.54 Å². The van der Waals surface area contributed by atoms with Gasteiger partial charge in [0.15, 0.2) is 0 Å². The van der Waals surface area contributed by atoms with Gasteiger partial charge in [0.05, 0.1) is 0 Å². The van der Waals surface area contributed by atoms with Crippen molar-refractivity contribution in [3.05, 3.63) is 0 Å². The quantitative estimate of drug-likeness (QED) is 0.759. The van der Waals surface area contributed by atoms with Crippen molar-refractivity contribution in [3.8, 4) is 0 Å². The average Bonchev–Trinajstić information content (AvgIpc) is 1.95. The van der Waals surface area contributed by atoms with Crippen molar-refractivity contribution in [2.24, 2.45) is 22.5 Å². The van der Waals surface area contributed by atoms with E-state index >= 15 is 0 Å². The molecule has 14 heavy (non-hydrogen) atoms. The van der Waals surface area contributed by atoms with Crippen LogP contribution in [0.2, 0.25) is 0 Å². The first-order valence-electron chi connectivity index (χ1n) is 5.32. The number of nitrogens with two attached hydrogens (primary N) is 1. The maximum Gasteiger partial charge on any atom is 0.142 e. The third-order valence-electron chi connectivity index (χ3n) is 2.25. The van der Waals surface area contributed by atoms with E-state index in [9.17, 15) is 4.79 Å². The third-order valence-corrected chi connectivity index (χ3v) is 2.25. The van der Waals surface area contributed by atoms with E-state index in [-0.39, 0.29) is 22.5 Å². The smallest absolute Gasteiger partial charge is 0.142 e. The predicted octanol–water partition coefficient (Wildman–Crippen LogP) is 2.61. The highest BCUT2D eigenvalue weighted by Crippen LogP contribution is 2.29. The van der Waals surface area contributed by atoms with Crippen LogP contribution in [0.25, 0.3) is 0 Å². The molecule has 2 nitrogen and oxygen atoms in total. The lowest BCUT2D eigenvalue weighted by atomic mass is 9.76. The third kappa shape index (κ3) is 4.75. The molecule has 0 fully saturated rings. The molecule has 1 atom stereocenters. The van der Waals surface area contributed by atoms with Crippen LogP contribution < -0.4 is 5.73 Å². The molecule has 0 saturated carbocycles. The van der Waals surface area contributed by atoms with Gasteiger partial charge in [0, 0.05) is 17.9 Å². The van der Waals surface area contributed by atoms with Gasteiger partial charge in [-0.15, -0.1) is 0 Å². The summed E-state index contributed by atoms with van der Waals surface area (Å²) in [5, 5.41) is 0. The topological polar surface area (TPSA) is 43.1 Å². The van der Waals surface area contributed by atoms with Crippen molar-refractivity contribution in [1.29, 1.82) is 0 Å². The lowest BCUT2D eigenvalue weighted by Gasteiger charge is -2.28. The lowest BCUT2D eigenvalue weighted by molar-refractivity contribution is -0.131. The fourth-order valence-corrected chi connectivity index (χ4v) is 1.63. The predicted molar refractivity (Wildman–Crippen MR) is 61.1 cm³/mol. The van der Waals surface area contributed by atoms with Gasteiger partial charge < -0.3 is 5.73 Å². The largest absolute Gasteiger partial charge is 0.330 e. The maximum atomic E-state index is 12.0. The highest BCUT2D eigenvalue weighted by atomic mass is 16.1. The molecule has 0 rings (SSSR count). The second-order valence-electron chi connectivity index (χ2n) is 6.31. The molecular weight excluding hydrogens is 174 g/mol. The van der Waals surface area contributed by atoms with E-state index < -0.39 is 0 Å². The molecule has 0 heterocycles. The van der Waals surface area contributed by atoms with Crippen LogP contribution in [-0.4, -0.2) is 12.3 Å². The first-order valence-corrected chi connectivity index (χ1v) is 5.32. The van der Waals surface area contributed by atoms with Crippen molar-refractivity contribution in [3.63, 3.8) is 0 Å². The van der Waals surface area contributed by atoms with E-state index in [1.165, 1.54) is 0 Å². The molecule has 2 N–H and O–H groups in total. The molecule has 2 heteroatoms. The van der Waals surface area contributed by atoms with Gasteiger partial charge in [-0.3, -0.25) is 4.79 Å². The number of hydrogen-bond acceptors (Lipinski definition) is 2. The van der Waals surface area contributed by atoms with Gasteiger partial charge >= 0.3 is 0 Å². The van der Waals surface area contributed by atoms with Crippen LogP contribution in [0.5, 0.6) is 0 Å². The fraction of sp³-hybridized carbons (Fsp3) is 0.917. The summed E-state index contributed by atoms with van der Waals surface area (Å²) in [6.07, 6.45) is 0.875. The highest BCUT2D eigenvalue weighted by Gasteiger charge is 2.31. The summed E-state index contributed by atoms with van der Waals surface area (Å²) in [5.74, 6) is 0.296. The molecule has 0 aromatic rings. The molecule has 0 spiro atoms. The fourth-order valence-electron chi connectivity index (χ4n) is 1.63. The second kappa shape index (κ2) is 4.43. The van der Waals surface area contributed by atoms with Crippen LogP contribution in [-0.2, 0) is 4.79 Å². The first kappa shape index (κ1) is 13.6. The number of ketones is 1. The Morgan fingerprint density at radius 2 is 1.57 bits per heavy atom. The van der Waals surface area contributed by atoms with Gasteiger partial charge in [0.2, 0.25) is 0 Å². The minimum atomic E-state index is -0.269. The Labute approximate surface area is 88.3 Å². The van der Waals surface area contributed by atoms with Crippen molar-refractivity contribution >= 4 is 5.78 Å². The first-order chi connectivity index (χ1) is 6.08. The minimum Gasteiger partial charge on any atom is -0.330 e. The van der Waals surface area contributed by atoms with Gasteiger partial charge in [0.25, 0.3) is 0 Å². The van der Waals surface area contributed by atoms with Crippen molar-refractivity contribution in [2.45, 2.75) is 48.0 Å². The van der Waals surface area contributed by atoms with Gasteiger partial charge in [-0.05, 0) is 11.8 Å². The maximum absolute atomic E-state index is 12.0. The number of carbonyl (C=O) groups excluding carboxylic acids is 1. The molecule has 0 aliphatic heterocycles. The Balaban J connectivity index is 4.51. The Hall–Kier alpha value is -0.370. The van der Waals surface area contributed by atoms with Crippen molar-refractivity contribution < 1.29 is 4.79 Å². The van der Waals surface area contributed by atoms with Crippen LogP contribution in [0.15, 0.2) is 0 Å². The molecule has 0 radical (unpaired) electrons. The summed E-state index contributed by atoms with van der Waals surface area (Å²) < 4.78 is 0. The van der Waals surface area contributed by atoms with Gasteiger partial charge in [-0.2, -0.15) is 0 Å². The minimum absolute atomic E-state index is 0.00926. The molecule has 84 valence electrons. The number of hydrogen-bond donors (Lipinski definition) is 1. The number of rotatable bonds is 3. The normalized spacial score (nSPS) is 15.4. The summed E-state index contributed by atoms with van der Waals surface area (Å²) >= 11 is 0. The zero-order valence-electron chi connectivity index (χ0n) is 10.5. The Morgan fingerprint density at radius 1 is 1.14 bits per heavy atom. The van der Waals surface area contributed by atoms with Crippen LogP contribution in [0.3, 0.4) is 0 Å². The molecule has 0 saturated heterocycles. The standard InChI is InChI=1S/C12H25NO/c1-11(2,3)7-9(8-13)10(14)12(4,5)6/h9H,7-8,13H2,1-6H3. The molecule has 0 aliphatic rings. The molecule has 0 aromatic heterocycles. The number of Topliss-reactive ketones (excluding diaryl/α,β-unsaturated/α-hetero) is 1. The summed E-state index contributed by atoms with van der Waals surface area (Å²) in [6.45, 7) is 12.8. The zero-order valence-corrected chi connectivity index (χ0v) is 10.5. The molecule has 0 aliphatic carbocycles. The van der Waals surface area contributed by atoms with Crippen LogP contribution >= 0.6 is 0 Å². The van der Waals surface area contributed by atoms with E-state index in [2.05, 4.69) is 20.8 Å². The SMILES string of the molecule is CC(C)(C)CC(CN)C(=O)C(C)(C)C. The van der Waals surface area contributed by atoms with Crippen LogP contribution in [0, 0.1) is 16.7 Å². The van der Waals surface area contributed by atoms with Gasteiger partial charge in [-0.1, -0.05) is 41.5 Å². The Kier molecular flexibility index (Phi) is 4.32. The summed E-state index contributed by atoms with van der Waals surface area (Å²) in [6, 6.07) is 0. The Bertz CT molecular complexity index is 195. The van der Waals surface area contributed by atoms with Crippen LogP contribution in [0.4, 0.5) is 0 Å². The van der Waals surface area contributed by atoms with E-state index in [0.29, 0.717) is 6.54 Å². The van der Waals surface area contributed by atoms with E-state index in [4.69, 9.17) is 5.73 Å². The molecular formula is C12H25NO. The monoisotopic (exact) mass is 199 g/mol. The Morgan fingerprint density at radius 3 is 1.79 bits per heavy atom. The van der Waals surface area contributed by atoms with Crippen molar-refractivity contribution in [1.82, 2.24) is 0 Å². The molecule has 0 amide bonds. The molecule has 0 bridgehead atoms. The zero-order chi connectivity index (χ0) is 11.6. The molecule has 0 aromatic carbocycles.